The Kier molecular flexibility index (Phi) is 4.08. The minimum Gasteiger partial charge on any atom is -0.397 e. The number of hydrogen-bond donors (Lipinski definition) is 3. The molecule has 1 aromatic heterocycles. The molecular weight excluding hydrogens is 284 g/mol. The molecule has 1 atom stereocenters. The van der Waals surface area contributed by atoms with Gasteiger partial charge in [-0.15, -0.1) is 11.3 Å². The predicted molar refractivity (Wildman–Crippen MR) is 88.1 cm³/mol. The van der Waals surface area contributed by atoms with Crippen molar-refractivity contribution in [2.75, 3.05) is 30.3 Å². The maximum absolute atomic E-state index is 12.3. The van der Waals surface area contributed by atoms with Crippen LogP contribution in [0.4, 0.5) is 10.7 Å². The highest BCUT2D eigenvalue weighted by atomic mass is 32.1. The van der Waals surface area contributed by atoms with Crippen LogP contribution >= 0.6 is 11.3 Å². The summed E-state index contributed by atoms with van der Waals surface area (Å²) in [6, 6.07) is 0.234. The number of amides is 1. The molecule has 116 valence electrons. The fourth-order valence-electron chi connectivity index (χ4n) is 2.90. The molecule has 1 amide bonds. The molecule has 1 saturated heterocycles. The van der Waals surface area contributed by atoms with Gasteiger partial charge >= 0.3 is 0 Å². The van der Waals surface area contributed by atoms with Crippen molar-refractivity contribution in [2.45, 2.75) is 44.6 Å². The Balaban J connectivity index is 1.90. The van der Waals surface area contributed by atoms with Crippen molar-refractivity contribution in [2.24, 2.45) is 5.73 Å². The standard InChI is InChI=1S/C15H24N4OS/c1-2-6-18-14(20)13-12(17)11(9-3-4-9)15(21-13)19-7-5-10(16)8-19/h9-10H,2-8,16-17H2,1H3,(H,18,20). The Hall–Kier alpha value is -1.27. The van der Waals surface area contributed by atoms with E-state index in [1.165, 1.54) is 23.4 Å². The van der Waals surface area contributed by atoms with E-state index in [2.05, 4.69) is 10.2 Å². The van der Waals surface area contributed by atoms with Crippen LogP contribution in [0.3, 0.4) is 0 Å². The molecule has 5 N–H and O–H groups in total. The first kappa shape index (κ1) is 14.7. The minimum absolute atomic E-state index is 0.0315. The van der Waals surface area contributed by atoms with E-state index >= 15 is 0 Å². The van der Waals surface area contributed by atoms with Crippen molar-refractivity contribution < 1.29 is 4.79 Å². The number of carbonyl (C=O) groups is 1. The molecule has 2 aliphatic rings. The second-order valence-electron chi connectivity index (χ2n) is 6.09. The molecule has 2 fully saturated rings. The number of carbonyl (C=O) groups excluding carboxylic acids is 1. The van der Waals surface area contributed by atoms with E-state index in [1.807, 2.05) is 6.92 Å². The van der Waals surface area contributed by atoms with Crippen molar-refractivity contribution in [3.8, 4) is 0 Å². The lowest BCUT2D eigenvalue weighted by molar-refractivity contribution is 0.0958. The monoisotopic (exact) mass is 308 g/mol. The van der Waals surface area contributed by atoms with Crippen LogP contribution in [-0.4, -0.2) is 31.6 Å². The fraction of sp³-hybridized carbons (Fsp3) is 0.667. The molecule has 5 nitrogen and oxygen atoms in total. The molecule has 0 radical (unpaired) electrons. The highest BCUT2D eigenvalue weighted by Gasteiger charge is 2.35. The predicted octanol–water partition coefficient (Wildman–Crippen LogP) is 1.88. The van der Waals surface area contributed by atoms with Crippen molar-refractivity contribution >= 4 is 27.9 Å². The molecule has 2 heterocycles. The number of nitrogens with zero attached hydrogens (tertiary/aromatic N) is 1. The smallest absolute Gasteiger partial charge is 0.263 e. The zero-order valence-corrected chi connectivity index (χ0v) is 13.3. The van der Waals surface area contributed by atoms with Crippen LogP contribution in [0.2, 0.25) is 0 Å². The Morgan fingerprint density at radius 2 is 2.19 bits per heavy atom. The van der Waals surface area contributed by atoms with E-state index in [0.29, 0.717) is 23.0 Å². The van der Waals surface area contributed by atoms with Crippen molar-refractivity contribution in [1.29, 1.82) is 0 Å². The number of nitrogens with one attached hydrogen (secondary N) is 1. The molecule has 3 rings (SSSR count). The van der Waals surface area contributed by atoms with Gasteiger partial charge in [-0.1, -0.05) is 6.92 Å². The van der Waals surface area contributed by atoms with Crippen LogP contribution in [0.5, 0.6) is 0 Å². The lowest BCUT2D eigenvalue weighted by atomic mass is 10.1. The molecule has 1 saturated carbocycles. The Morgan fingerprint density at radius 1 is 1.43 bits per heavy atom. The average Bonchev–Trinajstić information content (AvgIpc) is 3.11. The van der Waals surface area contributed by atoms with Crippen LogP contribution in [0.1, 0.15) is 53.8 Å². The number of rotatable bonds is 5. The SMILES string of the molecule is CCCNC(=O)c1sc(N2CCC(N)C2)c(C2CC2)c1N. The number of anilines is 2. The lowest BCUT2D eigenvalue weighted by Gasteiger charge is -2.18. The molecule has 0 aromatic carbocycles. The fourth-order valence-corrected chi connectivity index (χ4v) is 4.16. The zero-order chi connectivity index (χ0) is 15.0. The van der Waals surface area contributed by atoms with Gasteiger partial charge in [-0.25, -0.2) is 0 Å². The Labute approximate surface area is 129 Å². The largest absolute Gasteiger partial charge is 0.397 e. The third-order valence-electron chi connectivity index (χ3n) is 4.20. The highest BCUT2D eigenvalue weighted by molar-refractivity contribution is 7.18. The lowest BCUT2D eigenvalue weighted by Crippen LogP contribution is -2.26. The van der Waals surface area contributed by atoms with Crippen molar-refractivity contribution in [3.05, 3.63) is 10.4 Å². The normalized spacial score (nSPS) is 21.8. The van der Waals surface area contributed by atoms with E-state index in [4.69, 9.17) is 11.5 Å². The van der Waals surface area contributed by atoms with E-state index in [0.717, 1.165) is 25.9 Å². The summed E-state index contributed by atoms with van der Waals surface area (Å²) in [5.41, 5.74) is 14.2. The highest BCUT2D eigenvalue weighted by Crippen LogP contribution is 2.52. The summed E-state index contributed by atoms with van der Waals surface area (Å²) in [6.45, 7) is 4.58. The first-order valence-electron chi connectivity index (χ1n) is 7.82. The van der Waals surface area contributed by atoms with E-state index < -0.39 is 0 Å². The van der Waals surface area contributed by atoms with Gasteiger partial charge < -0.3 is 21.7 Å². The number of nitrogens with two attached hydrogens (primary N) is 2. The van der Waals surface area contributed by atoms with E-state index in [1.54, 1.807) is 11.3 Å². The number of hydrogen-bond acceptors (Lipinski definition) is 5. The maximum Gasteiger partial charge on any atom is 0.263 e. The topological polar surface area (TPSA) is 84.4 Å². The summed E-state index contributed by atoms with van der Waals surface area (Å²) in [6.07, 6.45) is 4.31. The van der Waals surface area contributed by atoms with Crippen LogP contribution in [0, 0.1) is 0 Å². The van der Waals surface area contributed by atoms with Gasteiger partial charge in [0.05, 0.1) is 10.7 Å². The first-order chi connectivity index (χ1) is 10.1. The third kappa shape index (κ3) is 2.87. The third-order valence-corrected chi connectivity index (χ3v) is 5.48. The van der Waals surface area contributed by atoms with Gasteiger partial charge in [0.25, 0.3) is 5.91 Å². The van der Waals surface area contributed by atoms with Gasteiger partial charge in [-0.05, 0) is 31.6 Å². The van der Waals surface area contributed by atoms with Gasteiger partial charge in [0.15, 0.2) is 0 Å². The van der Waals surface area contributed by atoms with Gasteiger partial charge in [-0.2, -0.15) is 0 Å². The molecule has 0 spiro atoms. The van der Waals surface area contributed by atoms with Gasteiger partial charge in [0.2, 0.25) is 0 Å². The summed E-state index contributed by atoms with van der Waals surface area (Å²) >= 11 is 1.55. The summed E-state index contributed by atoms with van der Waals surface area (Å²) < 4.78 is 0. The van der Waals surface area contributed by atoms with Gasteiger partial charge in [0.1, 0.15) is 4.88 Å². The van der Waals surface area contributed by atoms with Gasteiger partial charge in [-0.3, -0.25) is 4.79 Å². The first-order valence-corrected chi connectivity index (χ1v) is 8.64. The molecule has 1 aliphatic carbocycles. The van der Waals surface area contributed by atoms with Crippen molar-refractivity contribution in [1.82, 2.24) is 5.32 Å². The Morgan fingerprint density at radius 3 is 2.76 bits per heavy atom. The quantitative estimate of drug-likeness (QED) is 0.775. The zero-order valence-electron chi connectivity index (χ0n) is 12.5. The molecule has 1 aliphatic heterocycles. The molecule has 6 heteroatoms. The molecule has 21 heavy (non-hydrogen) atoms. The molecule has 1 unspecified atom stereocenters. The molecular formula is C15H24N4OS. The van der Waals surface area contributed by atoms with Gasteiger partial charge in [0, 0.05) is 31.2 Å². The molecule has 0 bridgehead atoms. The second-order valence-corrected chi connectivity index (χ2v) is 7.09. The van der Waals surface area contributed by atoms with Crippen LogP contribution in [-0.2, 0) is 0 Å². The summed E-state index contributed by atoms with van der Waals surface area (Å²) in [5, 5.41) is 4.12. The van der Waals surface area contributed by atoms with E-state index in [9.17, 15) is 4.79 Å². The minimum atomic E-state index is -0.0315. The molecule has 1 aromatic rings. The number of thiophene rings is 1. The summed E-state index contributed by atoms with van der Waals surface area (Å²) in [4.78, 5) is 15.3. The summed E-state index contributed by atoms with van der Waals surface area (Å²) in [5.74, 6) is 0.511. The maximum atomic E-state index is 12.3. The van der Waals surface area contributed by atoms with Crippen LogP contribution in [0.25, 0.3) is 0 Å². The number of nitrogen functional groups attached to an aromatic ring is 1. The van der Waals surface area contributed by atoms with E-state index in [-0.39, 0.29) is 11.9 Å². The average molecular weight is 308 g/mol. The second kappa shape index (κ2) is 5.85. The van der Waals surface area contributed by atoms with Crippen LogP contribution < -0.4 is 21.7 Å². The Bertz CT molecular complexity index is 538. The van der Waals surface area contributed by atoms with Crippen molar-refractivity contribution in [3.63, 3.8) is 0 Å². The van der Waals surface area contributed by atoms with Crippen LogP contribution in [0.15, 0.2) is 0 Å². The summed E-state index contributed by atoms with van der Waals surface area (Å²) in [7, 11) is 0.